The standard InChI is InChI=1S/C33H37ClN2O4/c1-6-28(33(4,5)32(39)40)22-12-14-23(15-13-22)30(37)36-21(3)20-27(26-10-8-9-11-29(26)36)31(38)35(7-2)25-18-16-24(34)17-19-25/h8-19,21,27-28H,6-7,20H2,1-5H3,(H,39,40)/t21-,27-,28?/m1/s1. The molecule has 1 aliphatic rings. The lowest BCUT2D eigenvalue weighted by Crippen LogP contribution is -2.46. The van der Waals surface area contributed by atoms with Crippen LogP contribution in [-0.2, 0) is 9.59 Å². The highest BCUT2D eigenvalue weighted by molar-refractivity contribution is 6.30. The minimum Gasteiger partial charge on any atom is -0.481 e. The van der Waals surface area contributed by atoms with Crippen molar-refractivity contribution in [3.63, 3.8) is 0 Å². The molecule has 4 rings (SSSR count). The van der Waals surface area contributed by atoms with Gasteiger partial charge >= 0.3 is 5.97 Å². The number of para-hydroxylation sites is 1. The Kier molecular flexibility index (Phi) is 8.69. The minimum atomic E-state index is -0.930. The highest BCUT2D eigenvalue weighted by Gasteiger charge is 2.39. The number of carboxylic acid groups (broad SMARTS) is 1. The Morgan fingerprint density at radius 3 is 2.20 bits per heavy atom. The van der Waals surface area contributed by atoms with E-state index in [9.17, 15) is 19.5 Å². The molecule has 210 valence electrons. The van der Waals surface area contributed by atoms with E-state index >= 15 is 0 Å². The van der Waals surface area contributed by atoms with Crippen molar-refractivity contribution in [1.29, 1.82) is 0 Å². The molecule has 7 heteroatoms. The molecular weight excluding hydrogens is 524 g/mol. The zero-order chi connectivity index (χ0) is 29.2. The Hall–Kier alpha value is -3.64. The molecule has 3 atom stereocenters. The first kappa shape index (κ1) is 29.3. The SMILES string of the molecule is CCC(c1ccc(C(=O)N2c3ccccc3[C@H](C(=O)N(CC)c3ccc(Cl)cc3)C[C@H]2C)cc1)C(C)(C)C(=O)O. The zero-order valence-electron chi connectivity index (χ0n) is 23.7. The van der Waals surface area contributed by atoms with Crippen LogP contribution in [0.15, 0.2) is 72.8 Å². The molecule has 0 bridgehead atoms. The molecule has 2 amide bonds. The van der Waals surface area contributed by atoms with Gasteiger partial charge in [0.05, 0.1) is 11.3 Å². The number of carbonyl (C=O) groups is 3. The summed E-state index contributed by atoms with van der Waals surface area (Å²) in [7, 11) is 0. The number of fused-ring (bicyclic) bond motifs is 1. The summed E-state index contributed by atoms with van der Waals surface area (Å²) in [4.78, 5) is 43.2. The van der Waals surface area contributed by atoms with Crippen LogP contribution in [0.4, 0.5) is 11.4 Å². The Labute approximate surface area is 241 Å². The summed E-state index contributed by atoms with van der Waals surface area (Å²) in [5.74, 6) is -1.57. The van der Waals surface area contributed by atoms with Gasteiger partial charge in [-0.3, -0.25) is 14.4 Å². The number of nitrogens with zero attached hydrogens (tertiary/aromatic N) is 2. The molecule has 0 spiro atoms. The van der Waals surface area contributed by atoms with Gasteiger partial charge in [-0.25, -0.2) is 0 Å². The van der Waals surface area contributed by atoms with Crippen molar-refractivity contribution in [3.8, 4) is 0 Å². The number of amides is 2. The van der Waals surface area contributed by atoms with E-state index in [2.05, 4.69) is 0 Å². The van der Waals surface area contributed by atoms with Crippen molar-refractivity contribution in [2.45, 2.75) is 65.3 Å². The summed E-state index contributed by atoms with van der Waals surface area (Å²) in [6.07, 6.45) is 1.16. The van der Waals surface area contributed by atoms with Crippen LogP contribution in [0.2, 0.25) is 5.02 Å². The largest absolute Gasteiger partial charge is 0.481 e. The quantitative estimate of drug-likeness (QED) is 0.309. The fourth-order valence-electron chi connectivity index (χ4n) is 5.94. The molecule has 6 nitrogen and oxygen atoms in total. The molecule has 0 saturated carbocycles. The van der Waals surface area contributed by atoms with Crippen molar-refractivity contribution in [2.24, 2.45) is 5.41 Å². The molecule has 0 aliphatic carbocycles. The molecule has 1 N–H and O–H groups in total. The number of anilines is 2. The number of hydrogen-bond acceptors (Lipinski definition) is 3. The van der Waals surface area contributed by atoms with Gasteiger partial charge in [-0.1, -0.05) is 48.9 Å². The number of hydrogen-bond donors (Lipinski definition) is 1. The fraction of sp³-hybridized carbons (Fsp3) is 0.364. The Morgan fingerprint density at radius 1 is 1.00 bits per heavy atom. The second-order valence-electron chi connectivity index (χ2n) is 11.0. The Morgan fingerprint density at radius 2 is 1.62 bits per heavy atom. The highest BCUT2D eigenvalue weighted by atomic mass is 35.5. The van der Waals surface area contributed by atoms with Crippen LogP contribution >= 0.6 is 11.6 Å². The van der Waals surface area contributed by atoms with Gasteiger partial charge in [0.15, 0.2) is 0 Å². The van der Waals surface area contributed by atoms with E-state index < -0.39 is 17.3 Å². The molecule has 0 radical (unpaired) electrons. The average Bonchev–Trinajstić information content (AvgIpc) is 2.94. The maximum atomic E-state index is 13.9. The summed E-state index contributed by atoms with van der Waals surface area (Å²) in [5, 5.41) is 10.3. The van der Waals surface area contributed by atoms with Crippen LogP contribution in [0.25, 0.3) is 0 Å². The molecule has 0 fully saturated rings. The molecular formula is C33H37ClN2O4. The van der Waals surface area contributed by atoms with Crippen LogP contribution in [-0.4, -0.2) is 35.5 Å². The Balaban J connectivity index is 1.64. The average molecular weight is 561 g/mol. The number of carbonyl (C=O) groups excluding carboxylic acids is 2. The summed E-state index contributed by atoms with van der Waals surface area (Å²) < 4.78 is 0. The van der Waals surface area contributed by atoms with Crippen molar-refractivity contribution >= 4 is 40.8 Å². The zero-order valence-corrected chi connectivity index (χ0v) is 24.5. The number of aliphatic carboxylic acids is 1. The third-order valence-corrected chi connectivity index (χ3v) is 8.47. The molecule has 40 heavy (non-hydrogen) atoms. The van der Waals surface area contributed by atoms with Gasteiger partial charge in [0.1, 0.15) is 0 Å². The first-order valence-electron chi connectivity index (χ1n) is 13.8. The third kappa shape index (κ3) is 5.50. The van der Waals surface area contributed by atoms with Crippen LogP contribution in [0, 0.1) is 5.41 Å². The van der Waals surface area contributed by atoms with E-state index in [-0.39, 0.29) is 23.8 Å². The highest BCUT2D eigenvalue weighted by Crippen LogP contribution is 2.42. The van der Waals surface area contributed by atoms with Crippen LogP contribution < -0.4 is 9.80 Å². The first-order valence-corrected chi connectivity index (χ1v) is 14.2. The molecule has 1 aliphatic heterocycles. The number of halogens is 1. The molecule has 3 aromatic rings. The number of benzene rings is 3. The predicted molar refractivity (Wildman–Crippen MR) is 160 cm³/mol. The number of likely N-dealkylation sites (N-methyl/N-ethyl adjacent to an activating group) is 1. The molecule has 3 aromatic carbocycles. The smallest absolute Gasteiger partial charge is 0.309 e. The topological polar surface area (TPSA) is 77.9 Å². The molecule has 0 aromatic heterocycles. The van der Waals surface area contributed by atoms with E-state index in [0.717, 1.165) is 22.5 Å². The van der Waals surface area contributed by atoms with Crippen molar-refractivity contribution in [1.82, 2.24) is 0 Å². The molecule has 1 heterocycles. The fourth-order valence-corrected chi connectivity index (χ4v) is 6.07. The maximum Gasteiger partial charge on any atom is 0.309 e. The predicted octanol–water partition coefficient (Wildman–Crippen LogP) is 7.52. The van der Waals surface area contributed by atoms with Gasteiger partial charge < -0.3 is 14.9 Å². The van der Waals surface area contributed by atoms with E-state index in [4.69, 9.17) is 11.6 Å². The maximum absolute atomic E-state index is 13.9. The second-order valence-corrected chi connectivity index (χ2v) is 11.5. The lowest BCUT2D eigenvalue weighted by Gasteiger charge is -2.40. The molecule has 1 unspecified atom stereocenters. The molecule has 0 saturated heterocycles. The Bertz CT molecular complexity index is 1380. The van der Waals surface area contributed by atoms with E-state index in [1.807, 2.05) is 69.3 Å². The van der Waals surface area contributed by atoms with Gasteiger partial charge in [-0.05, 0) is 100 Å². The first-order chi connectivity index (χ1) is 19.0. The normalized spacial score (nSPS) is 17.6. The van der Waals surface area contributed by atoms with Gasteiger partial charge in [-0.2, -0.15) is 0 Å². The van der Waals surface area contributed by atoms with E-state index in [1.54, 1.807) is 47.9 Å². The van der Waals surface area contributed by atoms with Crippen molar-refractivity contribution < 1.29 is 19.5 Å². The van der Waals surface area contributed by atoms with Gasteiger partial charge in [0.2, 0.25) is 5.91 Å². The van der Waals surface area contributed by atoms with Gasteiger partial charge in [-0.15, -0.1) is 0 Å². The van der Waals surface area contributed by atoms with Crippen LogP contribution in [0.1, 0.15) is 80.8 Å². The monoisotopic (exact) mass is 560 g/mol. The number of carboxylic acids is 1. The lowest BCUT2D eigenvalue weighted by atomic mass is 9.73. The van der Waals surface area contributed by atoms with Crippen LogP contribution in [0.5, 0.6) is 0 Å². The lowest BCUT2D eigenvalue weighted by molar-refractivity contribution is -0.148. The van der Waals surface area contributed by atoms with Gasteiger partial charge in [0.25, 0.3) is 5.91 Å². The van der Waals surface area contributed by atoms with E-state index in [1.165, 1.54) is 0 Å². The van der Waals surface area contributed by atoms with E-state index in [0.29, 0.717) is 30.0 Å². The van der Waals surface area contributed by atoms with Crippen LogP contribution in [0.3, 0.4) is 0 Å². The summed E-state index contributed by atoms with van der Waals surface area (Å²) in [6.45, 7) is 9.89. The van der Waals surface area contributed by atoms with Crippen molar-refractivity contribution in [2.75, 3.05) is 16.3 Å². The summed E-state index contributed by atoms with van der Waals surface area (Å²) >= 11 is 6.07. The minimum absolute atomic E-state index is 0.00720. The number of rotatable bonds is 8. The second kappa shape index (κ2) is 11.8. The summed E-state index contributed by atoms with van der Waals surface area (Å²) in [5.41, 5.74) is 2.84. The van der Waals surface area contributed by atoms with Crippen molar-refractivity contribution in [3.05, 3.63) is 94.5 Å². The summed E-state index contributed by atoms with van der Waals surface area (Å²) in [6, 6.07) is 22.0. The van der Waals surface area contributed by atoms with Gasteiger partial charge in [0, 0.05) is 34.5 Å². The third-order valence-electron chi connectivity index (χ3n) is 8.22.